The molecule has 4 nitrogen and oxygen atoms in total. The Bertz CT molecular complexity index is 478. The summed E-state index contributed by atoms with van der Waals surface area (Å²) >= 11 is 5.98. The van der Waals surface area contributed by atoms with Crippen LogP contribution >= 0.6 is 11.6 Å². The van der Waals surface area contributed by atoms with Crippen molar-refractivity contribution in [1.29, 1.82) is 0 Å². The molecule has 2 unspecified atom stereocenters. The number of nitrogens with zero attached hydrogens (tertiary/aromatic N) is 1. The Hall–Kier alpha value is -1.26. The van der Waals surface area contributed by atoms with Crippen LogP contribution in [0.3, 0.4) is 0 Å². The van der Waals surface area contributed by atoms with Crippen molar-refractivity contribution in [3.63, 3.8) is 0 Å². The van der Waals surface area contributed by atoms with Crippen molar-refractivity contribution in [2.24, 2.45) is 11.8 Å². The number of nitrogen functional groups attached to an aromatic ring is 1. The number of anilines is 1. The van der Waals surface area contributed by atoms with Crippen LogP contribution in [0.1, 0.15) is 37.0 Å². The number of nitrogens with one attached hydrogen (secondary N) is 1. The van der Waals surface area contributed by atoms with Gasteiger partial charge in [-0.1, -0.05) is 18.5 Å². The topological polar surface area (TPSA) is 58.4 Å². The number of piperidine rings is 1. The number of halogens is 1. The van der Waals surface area contributed by atoms with E-state index in [0.717, 1.165) is 13.0 Å². The Kier molecular flexibility index (Phi) is 4.32. The number of hydrazine groups is 1. The molecule has 1 saturated heterocycles. The summed E-state index contributed by atoms with van der Waals surface area (Å²) < 4.78 is 0. The molecular formula is C14H20ClN3O. The Morgan fingerprint density at radius 1 is 1.47 bits per heavy atom. The molecule has 0 radical (unpaired) electrons. The van der Waals surface area contributed by atoms with Gasteiger partial charge in [-0.2, -0.15) is 0 Å². The molecule has 1 heterocycles. The molecule has 1 aliphatic rings. The highest BCUT2D eigenvalue weighted by atomic mass is 35.5. The van der Waals surface area contributed by atoms with Crippen molar-refractivity contribution in [2.45, 2.75) is 32.7 Å². The summed E-state index contributed by atoms with van der Waals surface area (Å²) in [6.07, 6.45) is 2.21. The van der Waals surface area contributed by atoms with E-state index in [4.69, 9.17) is 17.4 Å². The molecule has 1 aliphatic heterocycles. The molecule has 2 rings (SSSR count). The van der Waals surface area contributed by atoms with Gasteiger partial charge in [0.1, 0.15) is 0 Å². The summed E-state index contributed by atoms with van der Waals surface area (Å²) in [7, 11) is 0. The van der Waals surface area contributed by atoms with Crippen molar-refractivity contribution >= 4 is 23.2 Å². The lowest BCUT2D eigenvalue weighted by molar-refractivity contribution is 0.0552. The zero-order chi connectivity index (χ0) is 14.0. The number of amides is 1. The number of carbonyl (C=O) groups is 1. The molecule has 2 atom stereocenters. The van der Waals surface area contributed by atoms with Crippen molar-refractivity contribution < 1.29 is 4.79 Å². The lowest BCUT2D eigenvalue weighted by Gasteiger charge is -2.38. The monoisotopic (exact) mass is 281 g/mol. The van der Waals surface area contributed by atoms with Gasteiger partial charge in [0, 0.05) is 17.6 Å². The molecule has 1 fully saturated rings. The maximum atomic E-state index is 12.7. The molecule has 0 saturated carbocycles. The summed E-state index contributed by atoms with van der Waals surface area (Å²) in [5, 5.41) is 0.542. The van der Waals surface area contributed by atoms with Gasteiger partial charge in [-0.25, -0.2) is 0 Å². The minimum Gasteiger partial charge on any atom is -0.336 e. The van der Waals surface area contributed by atoms with Gasteiger partial charge >= 0.3 is 0 Å². The summed E-state index contributed by atoms with van der Waals surface area (Å²) in [6, 6.07) is 5.36. The van der Waals surface area contributed by atoms with Crippen LogP contribution in [0.2, 0.25) is 5.02 Å². The first kappa shape index (κ1) is 14.2. The van der Waals surface area contributed by atoms with Crippen LogP contribution in [0.15, 0.2) is 18.2 Å². The first-order valence-electron chi connectivity index (χ1n) is 6.61. The van der Waals surface area contributed by atoms with Crippen LogP contribution in [0, 0.1) is 5.92 Å². The van der Waals surface area contributed by atoms with Crippen LogP contribution in [-0.2, 0) is 0 Å². The normalized spacial score (nSPS) is 23.3. The number of nitrogens with two attached hydrogens (primary N) is 1. The van der Waals surface area contributed by atoms with Crippen LogP contribution in [0.5, 0.6) is 0 Å². The molecule has 0 aliphatic carbocycles. The van der Waals surface area contributed by atoms with Crippen molar-refractivity contribution in [1.82, 2.24) is 4.90 Å². The lowest BCUT2D eigenvalue weighted by atomic mass is 9.91. The Labute approximate surface area is 118 Å². The quantitative estimate of drug-likeness (QED) is 0.647. The second-order valence-electron chi connectivity index (χ2n) is 5.19. The maximum Gasteiger partial charge on any atom is 0.256 e. The number of likely N-dealkylation sites (tertiary alicyclic amines) is 1. The second-order valence-corrected chi connectivity index (χ2v) is 5.63. The molecule has 1 aromatic rings. The maximum absolute atomic E-state index is 12.7. The van der Waals surface area contributed by atoms with Gasteiger partial charge in [-0.15, -0.1) is 0 Å². The summed E-state index contributed by atoms with van der Waals surface area (Å²) in [5.41, 5.74) is 3.71. The molecular weight excluding hydrogens is 262 g/mol. The molecule has 5 heteroatoms. The molecule has 0 bridgehead atoms. The highest BCUT2D eigenvalue weighted by molar-refractivity contribution is 6.31. The van der Waals surface area contributed by atoms with Crippen LogP contribution in [-0.4, -0.2) is 23.4 Å². The van der Waals surface area contributed by atoms with E-state index in [1.54, 1.807) is 18.2 Å². The number of hydrogen-bond acceptors (Lipinski definition) is 3. The largest absolute Gasteiger partial charge is 0.336 e. The minimum atomic E-state index is -0.00509. The van der Waals surface area contributed by atoms with Crippen molar-refractivity contribution in [3.05, 3.63) is 28.8 Å². The summed E-state index contributed by atoms with van der Waals surface area (Å²) in [6.45, 7) is 5.08. The van der Waals surface area contributed by atoms with E-state index in [2.05, 4.69) is 19.3 Å². The fourth-order valence-corrected chi connectivity index (χ4v) is 2.77. The first-order chi connectivity index (χ1) is 9.04. The van der Waals surface area contributed by atoms with Gasteiger partial charge in [0.25, 0.3) is 5.91 Å². The van der Waals surface area contributed by atoms with E-state index < -0.39 is 0 Å². The second kappa shape index (κ2) is 5.80. The van der Waals surface area contributed by atoms with Crippen molar-refractivity contribution in [2.75, 3.05) is 12.0 Å². The number of benzene rings is 1. The Morgan fingerprint density at radius 3 is 2.89 bits per heavy atom. The highest BCUT2D eigenvalue weighted by Gasteiger charge is 2.30. The van der Waals surface area contributed by atoms with E-state index in [-0.39, 0.29) is 11.9 Å². The van der Waals surface area contributed by atoms with Gasteiger partial charge < -0.3 is 10.3 Å². The number of carbonyl (C=O) groups excluding carboxylic acids is 1. The summed E-state index contributed by atoms with van der Waals surface area (Å²) in [5.74, 6) is 5.98. The standard InChI is InChI=1S/C14H20ClN3O/c1-9-4-3-7-18(10(9)2)14(19)12-8-11(15)5-6-13(12)17-16/h5-6,8-10,17H,3-4,7,16H2,1-2H3. The van der Waals surface area contributed by atoms with Gasteiger partial charge in [0.05, 0.1) is 11.3 Å². The molecule has 1 aromatic carbocycles. The van der Waals surface area contributed by atoms with Crippen LogP contribution < -0.4 is 11.3 Å². The molecule has 3 N–H and O–H groups in total. The van der Waals surface area contributed by atoms with Gasteiger partial charge in [0.15, 0.2) is 0 Å². The van der Waals surface area contributed by atoms with Gasteiger partial charge in [0.2, 0.25) is 0 Å². The first-order valence-corrected chi connectivity index (χ1v) is 6.99. The third-order valence-electron chi connectivity index (χ3n) is 4.00. The molecule has 1 amide bonds. The predicted molar refractivity (Wildman–Crippen MR) is 78.2 cm³/mol. The van der Waals surface area contributed by atoms with E-state index in [0.29, 0.717) is 22.2 Å². The molecule has 0 spiro atoms. The van der Waals surface area contributed by atoms with E-state index in [1.165, 1.54) is 6.42 Å². The van der Waals surface area contributed by atoms with Crippen LogP contribution in [0.25, 0.3) is 0 Å². The smallest absolute Gasteiger partial charge is 0.256 e. The minimum absolute atomic E-state index is 0.00509. The number of hydrogen-bond donors (Lipinski definition) is 2. The number of rotatable bonds is 2. The zero-order valence-corrected chi connectivity index (χ0v) is 12.1. The fourth-order valence-electron chi connectivity index (χ4n) is 2.60. The predicted octanol–water partition coefficient (Wildman–Crippen LogP) is 2.89. The van der Waals surface area contributed by atoms with Gasteiger partial charge in [-0.05, 0) is 43.9 Å². The van der Waals surface area contributed by atoms with E-state index >= 15 is 0 Å². The lowest BCUT2D eigenvalue weighted by Crippen LogP contribution is -2.46. The molecule has 0 aromatic heterocycles. The van der Waals surface area contributed by atoms with E-state index in [1.807, 2.05) is 4.90 Å². The third kappa shape index (κ3) is 2.85. The Morgan fingerprint density at radius 2 is 2.21 bits per heavy atom. The fraction of sp³-hybridized carbons (Fsp3) is 0.500. The van der Waals surface area contributed by atoms with Crippen molar-refractivity contribution in [3.8, 4) is 0 Å². The summed E-state index contributed by atoms with van der Waals surface area (Å²) in [4.78, 5) is 14.6. The highest BCUT2D eigenvalue weighted by Crippen LogP contribution is 2.27. The SMILES string of the molecule is CC1CCCN(C(=O)c2cc(Cl)ccc2NN)C1C. The Balaban J connectivity index is 2.30. The van der Waals surface area contributed by atoms with Crippen LogP contribution in [0.4, 0.5) is 5.69 Å². The zero-order valence-electron chi connectivity index (χ0n) is 11.3. The molecule has 19 heavy (non-hydrogen) atoms. The molecule has 104 valence electrons. The van der Waals surface area contributed by atoms with Gasteiger partial charge in [-0.3, -0.25) is 10.6 Å². The average Bonchev–Trinajstić information content (AvgIpc) is 2.41. The third-order valence-corrected chi connectivity index (χ3v) is 4.24. The van der Waals surface area contributed by atoms with E-state index in [9.17, 15) is 4.79 Å². The average molecular weight is 282 g/mol.